The molecular weight excluding hydrogens is 372 g/mol. The lowest BCUT2D eigenvalue weighted by atomic mass is 10.1. The molecule has 2 rings (SSSR count). The second-order valence-electron chi connectivity index (χ2n) is 6.63. The zero-order chi connectivity index (χ0) is 19.9. The molecule has 1 heterocycles. The first-order valence-corrected chi connectivity index (χ1v) is 10.5. The van der Waals surface area contributed by atoms with Crippen LogP contribution in [0.1, 0.15) is 31.2 Å². The number of carboxylic acid groups (broad SMARTS) is 1. The van der Waals surface area contributed by atoms with Gasteiger partial charge in [0, 0.05) is 20.1 Å². The maximum absolute atomic E-state index is 12.9. The SMILES string of the molecule is COCC1CCCN1C(=O)C(CCC(=O)O)NS(=O)(=O)Cc1ccccc1. The minimum Gasteiger partial charge on any atom is -0.481 e. The molecule has 1 amide bonds. The zero-order valence-corrected chi connectivity index (χ0v) is 16.2. The molecule has 1 fully saturated rings. The maximum atomic E-state index is 12.9. The van der Waals surface area contributed by atoms with E-state index >= 15 is 0 Å². The van der Waals surface area contributed by atoms with Crippen molar-refractivity contribution >= 4 is 21.9 Å². The Hall–Kier alpha value is -1.97. The molecule has 0 bridgehead atoms. The monoisotopic (exact) mass is 398 g/mol. The van der Waals surface area contributed by atoms with Gasteiger partial charge in [0.2, 0.25) is 15.9 Å². The van der Waals surface area contributed by atoms with E-state index in [0.717, 1.165) is 12.8 Å². The van der Waals surface area contributed by atoms with Gasteiger partial charge in [0.15, 0.2) is 0 Å². The van der Waals surface area contributed by atoms with Crippen LogP contribution in [-0.2, 0) is 30.1 Å². The summed E-state index contributed by atoms with van der Waals surface area (Å²) < 4.78 is 32.6. The van der Waals surface area contributed by atoms with Gasteiger partial charge in [-0.15, -0.1) is 0 Å². The van der Waals surface area contributed by atoms with Crippen LogP contribution in [0.25, 0.3) is 0 Å². The first-order valence-electron chi connectivity index (χ1n) is 8.87. The Balaban J connectivity index is 2.13. The summed E-state index contributed by atoms with van der Waals surface area (Å²) in [5, 5.41) is 8.96. The fraction of sp³-hybridized carbons (Fsp3) is 0.556. The van der Waals surface area contributed by atoms with E-state index in [0.29, 0.717) is 18.7 Å². The van der Waals surface area contributed by atoms with Crippen molar-refractivity contribution in [3.8, 4) is 0 Å². The second-order valence-corrected chi connectivity index (χ2v) is 8.38. The first kappa shape index (κ1) is 21.3. The number of amides is 1. The number of carboxylic acids is 1. The molecule has 2 N–H and O–H groups in total. The topological polar surface area (TPSA) is 113 Å². The number of likely N-dealkylation sites (tertiary alicyclic amines) is 1. The molecule has 150 valence electrons. The van der Waals surface area contributed by atoms with Crippen LogP contribution in [0.5, 0.6) is 0 Å². The molecule has 1 aliphatic heterocycles. The Labute approximate surface area is 159 Å². The van der Waals surface area contributed by atoms with Crippen molar-refractivity contribution in [2.75, 3.05) is 20.3 Å². The van der Waals surface area contributed by atoms with Gasteiger partial charge < -0.3 is 14.7 Å². The third-order valence-electron chi connectivity index (χ3n) is 4.49. The summed E-state index contributed by atoms with van der Waals surface area (Å²) in [6.07, 6.45) is 1.19. The summed E-state index contributed by atoms with van der Waals surface area (Å²) in [6.45, 7) is 0.880. The Kier molecular flexibility index (Phi) is 7.76. The van der Waals surface area contributed by atoms with Gasteiger partial charge in [-0.25, -0.2) is 13.1 Å². The predicted molar refractivity (Wildman–Crippen MR) is 99.5 cm³/mol. The fourth-order valence-corrected chi connectivity index (χ4v) is 4.61. The second kappa shape index (κ2) is 9.82. The molecular formula is C18H26N2O6S. The third-order valence-corrected chi connectivity index (χ3v) is 5.84. The maximum Gasteiger partial charge on any atom is 0.303 e. The molecule has 2 atom stereocenters. The molecule has 1 aliphatic rings. The lowest BCUT2D eigenvalue weighted by Gasteiger charge is -2.28. The Morgan fingerprint density at radius 2 is 2.04 bits per heavy atom. The van der Waals surface area contributed by atoms with Crippen molar-refractivity contribution in [3.63, 3.8) is 0 Å². The van der Waals surface area contributed by atoms with Gasteiger partial charge in [-0.2, -0.15) is 0 Å². The molecule has 0 aliphatic carbocycles. The number of nitrogens with one attached hydrogen (secondary N) is 1. The van der Waals surface area contributed by atoms with Gasteiger partial charge in [0.05, 0.1) is 18.4 Å². The van der Waals surface area contributed by atoms with Crippen molar-refractivity contribution < 1.29 is 27.9 Å². The summed E-state index contributed by atoms with van der Waals surface area (Å²) >= 11 is 0. The summed E-state index contributed by atoms with van der Waals surface area (Å²) in [4.78, 5) is 25.5. The largest absolute Gasteiger partial charge is 0.481 e. The van der Waals surface area contributed by atoms with E-state index in [4.69, 9.17) is 9.84 Å². The van der Waals surface area contributed by atoms with Crippen molar-refractivity contribution in [2.24, 2.45) is 0 Å². The Bertz CT molecular complexity index is 737. The summed E-state index contributed by atoms with van der Waals surface area (Å²) in [5.41, 5.74) is 0.591. The van der Waals surface area contributed by atoms with E-state index in [1.165, 1.54) is 0 Å². The van der Waals surface area contributed by atoms with Crippen LogP contribution >= 0.6 is 0 Å². The van der Waals surface area contributed by atoms with Crippen molar-refractivity contribution in [3.05, 3.63) is 35.9 Å². The van der Waals surface area contributed by atoms with E-state index in [1.54, 1.807) is 42.3 Å². The Morgan fingerprint density at radius 3 is 2.67 bits per heavy atom. The quantitative estimate of drug-likeness (QED) is 0.607. The highest BCUT2D eigenvalue weighted by Gasteiger charge is 2.35. The van der Waals surface area contributed by atoms with Crippen LogP contribution in [0.15, 0.2) is 30.3 Å². The number of sulfonamides is 1. The van der Waals surface area contributed by atoms with Crippen molar-refractivity contribution in [1.82, 2.24) is 9.62 Å². The van der Waals surface area contributed by atoms with E-state index < -0.39 is 27.9 Å². The Morgan fingerprint density at radius 1 is 1.33 bits per heavy atom. The zero-order valence-electron chi connectivity index (χ0n) is 15.3. The number of nitrogens with zero attached hydrogens (tertiary/aromatic N) is 1. The third kappa shape index (κ3) is 6.60. The molecule has 0 saturated carbocycles. The van der Waals surface area contributed by atoms with E-state index in [2.05, 4.69) is 4.72 Å². The molecule has 0 radical (unpaired) electrons. The van der Waals surface area contributed by atoms with Gasteiger partial charge in [-0.3, -0.25) is 9.59 Å². The smallest absolute Gasteiger partial charge is 0.303 e. The lowest BCUT2D eigenvalue weighted by Crippen LogP contribution is -2.51. The van der Waals surface area contributed by atoms with Crippen molar-refractivity contribution in [1.29, 1.82) is 0 Å². The minimum atomic E-state index is -3.81. The summed E-state index contributed by atoms with van der Waals surface area (Å²) in [5.74, 6) is -1.75. The van der Waals surface area contributed by atoms with Crippen LogP contribution in [0.3, 0.4) is 0 Å². The molecule has 8 nitrogen and oxygen atoms in total. The number of carbonyl (C=O) groups is 2. The highest BCUT2D eigenvalue weighted by Crippen LogP contribution is 2.20. The highest BCUT2D eigenvalue weighted by atomic mass is 32.2. The van der Waals surface area contributed by atoms with Gasteiger partial charge in [0.25, 0.3) is 0 Å². The molecule has 9 heteroatoms. The number of hydrogen-bond donors (Lipinski definition) is 2. The van der Waals surface area contributed by atoms with Gasteiger partial charge in [-0.1, -0.05) is 30.3 Å². The average molecular weight is 398 g/mol. The molecule has 2 unspecified atom stereocenters. The lowest BCUT2D eigenvalue weighted by molar-refractivity contribution is -0.138. The van der Waals surface area contributed by atoms with E-state index in [-0.39, 0.29) is 24.6 Å². The van der Waals surface area contributed by atoms with Crippen LogP contribution < -0.4 is 4.72 Å². The van der Waals surface area contributed by atoms with E-state index in [1.807, 2.05) is 0 Å². The molecule has 1 aromatic rings. The van der Waals surface area contributed by atoms with Gasteiger partial charge in [-0.05, 0) is 24.8 Å². The average Bonchev–Trinajstić information content (AvgIpc) is 3.07. The normalized spacial score (nSPS) is 18.4. The predicted octanol–water partition coefficient (Wildman–Crippen LogP) is 0.977. The number of benzene rings is 1. The first-order chi connectivity index (χ1) is 12.8. The fourth-order valence-electron chi connectivity index (χ4n) is 3.24. The van der Waals surface area contributed by atoms with Gasteiger partial charge >= 0.3 is 5.97 Å². The molecule has 1 saturated heterocycles. The van der Waals surface area contributed by atoms with Crippen molar-refractivity contribution in [2.45, 2.75) is 43.5 Å². The summed E-state index contributed by atoms with van der Waals surface area (Å²) in [6, 6.07) is 7.40. The summed E-state index contributed by atoms with van der Waals surface area (Å²) in [7, 11) is -2.26. The molecule has 0 aromatic heterocycles. The van der Waals surface area contributed by atoms with Crippen LogP contribution in [-0.4, -0.2) is 62.6 Å². The number of methoxy groups -OCH3 is 1. The van der Waals surface area contributed by atoms with Gasteiger partial charge in [0.1, 0.15) is 6.04 Å². The number of carbonyl (C=O) groups excluding carboxylic acids is 1. The molecule has 1 aromatic carbocycles. The van der Waals surface area contributed by atoms with Crippen LogP contribution in [0, 0.1) is 0 Å². The minimum absolute atomic E-state index is 0.0988. The molecule has 0 spiro atoms. The highest BCUT2D eigenvalue weighted by molar-refractivity contribution is 7.88. The number of aliphatic carboxylic acids is 1. The van der Waals surface area contributed by atoms with Crippen LogP contribution in [0.2, 0.25) is 0 Å². The number of hydrogen-bond acceptors (Lipinski definition) is 5. The standard InChI is InChI=1S/C18H26N2O6S/c1-26-12-15-8-5-11-20(15)18(23)16(9-10-17(21)22)19-27(24,25)13-14-6-3-2-4-7-14/h2-4,6-7,15-16,19H,5,8-13H2,1H3,(H,21,22). The van der Waals surface area contributed by atoms with Crippen LogP contribution in [0.4, 0.5) is 0 Å². The number of ether oxygens (including phenoxy) is 1. The number of rotatable bonds is 10. The molecule has 27 heavy (non-hydrogen) atoms. The van der Waals surface area contributed by atoms with E-state index in [9.17, 15) is 18.0 Å².